The van der Waals surface area contributed by atoms with Crippen LogP contribution in [0.4, 0.5) is 5.95 Å². The van der Waals surface area contributed by atoms with E-state index in [0.29, 0.717) is 17.4 Å². The zero-order valence-corrected chi connectivity index (χ0v) is 10.4. The van der Waals surface area contributed by atoms with Crippen LogP contribution in [-0.4, -0.2) is 34.1 Å². The van der Waals surface area contributed by atoms with Crippen molar-refractivity contribution >= 4 is 17.5 Å². The van der Waals surface area contributed by atoms with Crippen LogP contribution in [0.5, 0.6) is 0 Å². The number of halogens is 1. The highest BCUT2D eigenvalue weighted by molar-refractivity contribution is 6.28. The third-order valence-electron chi connectivity index (χ3n) is 3.90. The van der Waals surface area contributed by atoms with Gasteiger partial charge in [0.25, 0.3) is 0 Å². The number of hydrogen-bond donors (Lipinski definition) is 2. The van der Waals surface area contributed by atoms with E-state index in [2.05, 4.69) is 25.6 Å². The van der Waals surface area contributed by atoms with Crippen molar-refractivity contribution in [3.05, 3.63) is 11.6 Å². The summed E-state index contributed by atoms with van der Waals surface area (Å²) in [6, 6.07) is 0.492. The summed E-state index contributed by atoms with van der Waals surface area (Å²) in [5.41, 5.74) is 0.569. The number of rotatable bonds is 2. The summed E-state index contributed by atoms with van der Waals surface area (Å²) in [5.74, 6) is 0.596. The fourth-order valence-corrected chi connectivity index (χ4v) is 3.11. The highest BCUT2D eigenvalue weighted by Gasteiger charge is 2.44. The second-order valence-electron chi connectivity index (χ2n) is 5.08. The molecule has 0 atom stereocenters. The minimum absolute atomic E-state index is 0.249. The predicted molar refractivity (Wildman–Crippen MR) is 66.0 cm³/mol. The van der Waals surface area contributed by atoms with E-state index in [1.165, 1.54) is 32.0 Å². The molecular formula is C11H16ClN5. The fraction of sp³-hybridized carbons (Fsp3) is 0.727. The highest BCUT2D eigenvalue weighted by atomic mass is 35.5. The van der Waals surface area contributed by atoms with Gasteiger partial charge in [-0.3, -0.25) is 0 Å². The SMILES string of the molecule is Clc1ncnc(NC2CC3(CCNCC3)C2)n1. The topological polar surface area (TPSA) is 62.7 Å². The van der Waals surface area contributed by atoms with Crippen LogP contribution in [0.25, 0.3) is 0 Å². The van der Waals surface area contributed by atoms with Gasteiger partial charge in [-0.15, -0.1) is 0 Å². The van der Waals surface area contributed by atoms with Gasteiger partial charge in [-0.05, 0) is 55.8 Å². The molecule has 1 aliphatic heterocycles. The maximum absolute atomic E-state index is 5.72. The molecule has 1 saturated heterocycles. The molecule has 0 bridgehead atoms. The molecule has 2 N–H and O–H groups in total. The number of anilines is 1. The second kappa shape index (κ2) is 4.38. The van der Waals surface area contributed by atoms with Crippen molar-refractivity contribution in [2.24, 2.45) is 5.41 Å². The summed E-state index contributed by atoms with van der Waals surface area (Å²) in [6.45, 7) is 2.31. The molecular weight excluding hydrogens is 238 g/mol. The van der Waals surface area contributed by atoms with Crippen molar-refractivity contribution in [3.8, 4) is 0 Å². The lowest BCUT2D eigenvalue weighted by Crippen LogP contribution is -2.50. The van der Waals surface area contributed by atoms with Crippen molar-refractivity contribution in [2.45, 2.75) is 31.7 Å². The average molecular weight is 254 g/mol. The van der Waals surface area contributed by atoms with Crippen molar-refractivity contribution < 1.29 is 0 Å². The van der Waals surface area contributed by atoms with Gasteiger partial charge in [-0.1, -0.05) is 0 Å². The minimum atomic E-state index is 0.249. The zero-order chi connectivity index (χ0) is 11.7. The Bertz CT molecular complexity index is 397. The van der Waals surface area contributed by atoms with Gasteiger partial charge >= 0.3 is 0 Å². The van der Waals surface area contributed by atoms with Crippen molar-refractivity contribution in [3.63, 3.8) is 0 Å². The Morgan fingerprint density at radius 3 is 2.76 bits per heavy atom. The Morgan fingerprint density at radius 2 is 2.06 bits per heavy atom. The van der Waals surface area contributed by atoms with E-state index < -0.39 is 0 Å². The zero-order valence-electron chi connectivity index (χ0n) is 9.62. The number of piperidine rings is 1. The molecule has 3 rings (SSSR count). The van der Waals surface area contributed by atoms with Gasteiger partial charge in [0.15, 0.2) is 0 Å². The highest BCUT2D eigenvalue weighted by Crippen LogP contribution is 2.48. The van der Waals surface area contributed by atoms with E-state index in [4.69, 9.17) is 11.6 Å². The quantitative estimate of drug-likeness (QED) is 0.836. The standard InChI is InChI=1S/C11H16ClN5/c12-9-14-7-15-10(17-9)16-8-5-11(6-8)1-3-13-4-2-11/h7-8,13H,1-6H2,(H,14,15,16,17). The van der Waals surface area contributed by atoms with Gasteiger partial charge in [0.2, 0.25) is 11.2 Å². The molecule has 6 heteroatoms. The fourth-order valence-electron chi connectivity index (χ4n) is 2.98. The van der Waals surface area contributed by atoms with Gasteiger partial charge in [0.1, 0.15) is 6.33 Å². The molecule has 5 nitrogen and oxygen atoms in total. The van der Waals surface area contributed by atoms with E-state index in [1.54, 1.807) is 0 Å². The molecule has 1 aliphatic carbocycles. The van der Waals surface area contributed by atoms with Crippen LogP contribution < -0.4 is 10.6 Å². The van der Waals surface area contributed by atoms with Crippen molar-refractivity contribution in [1.29, 1.82) is 0 Å². The number of nitrogens with one attached hydrogen (secondary N) is 2. The van der Waals surface area contributed by atoms with E-state index >= 15 is 0 Å². The Hall–Kier alpha value is -0.940. The van der Waals surface area contributed by atoms with E-state index in [0.717, 1.165) is 13.1 Å². The summed E-state index contributed by atoms with van der Waals surface area (Å²) in [6.07, 6.45) is 6.47. The van der Waals surface area contributed by atoms with Crippen LogP contribution in [0.3, 0.4) is 0 Å². The molecule has 2 aliphatic rings. The Morgan fingerprint density at radius 1 is 1.29 bits per heavy atom. The van der Waals surface area contributed by atoms with Crippen LogP contribution in [0.2, 0.25) is 5.28 Å². The molecule has 17 heavy (non-hydrogen) atoms. The first kappa shape index (κ1) is 11.2. The van der Waals surface area contributed by atoms with Gasteiger partial charge in [0, 0.05) is 6.04 Å². The Balaban J connectivity index is 1.55. The normalized spacial score (nSPS) is 23.4. The van der Waals surface area contributed by atoms with E-state index in [9.17, 15) is 0 Å². The maximum Gasteiger partial charge on any atom is 0.227 e. The largest absolute Gasteiger partial charge is 0.351 e. The molecule has 92 valence electrons. The summed E-state index contributed by atoms with van der Waals surface area (Å²) >= 11 is 5.72. The van der Waals surface area contributed by atoms with Crippen LogP contribution in [-0.2, 0) is 0 Å². The number of nitrogens with zero attached hydrogens (tertiary/aromatic N) is 3. The number of aromatic nitrogens is 3. The lowest BCUT2D eigenvalue weighted by Gasteiger charge is -2.50. The van der Waals surface area contributed by atoms with Crippen molar-refractivity contribution in [1.82, 2.24) is 20.3 Å². The van der Waals surface area contributed by atoms with E-state index in [-0.39, 0.29) is 5.28 Å². The average Bonchev–Trinajstić information content (AvgIpc) is 2.28. The molecule has 1 aromatic rings. The van der Waals surface area contributed by atoms with Crippen LogP contribution >= 0.6 is 11.6 Å². The Labute approximate surface area is 105 Å². The first-order valence-electron chi connectivity index (χ1n) is 6.08. The smallest absolute Gasteiger partial charge is 0.227 e. The molecule has 1 spiro atoms. The summed E-state index contributed by atoms with van der Waals surface area (Å²) < 4.78 is 0. The van der Waals surface area contributed by atoms with Crippen molar-refractivity contribution in [2.75, 3.05) is 18.4 Å². The molecule has 1 aromatic heterocycles. The molecule has 0 aromatic carbocycles. The predicted octanol–water partition coefficient (Wildman–Crippen LogP) is 1.47. The van der Waals surface area contributed by atoms with Gasteiger partial charge in [-0.25, -0.2) is 9.97 Å². The molecule has 1 saturated carbocycles. The monoisotopic (exact) mass is 253 g/mol. The molecule has 2 fully saturated rings. The van der Waals surface area contributed by atoms with Crippen LogP contribution in [0, 0.1) is 5.41 Å². The van der Waals surface area contributed by atoms with Gasteiger partial charge < -0.3 is 10.6 Å². The molecule has 0 radical (unpaired) electrons. The maximum atomic E-state index is 5.72. The lowest BCUT2D eigenvalue weighted by molar-refractivity contribution is 0.0715. The summed E-state index contributed by atoms with van der Waals surface area (Å²) in [4.78, 5) is 11.9. The second-order valence-corrected chi connectivity index (χ2v) is 5.42. The van der Waals surface area contributed by atoms with Gasteiger partial charge in [0.05, 0.1) is 0 Å². The van der Waals surface area contributed by atoms with Crippen LogP contribution in [0.1, 0.15) is 25.7 Å². The summed E-state index contributed by atoms with van der Waals surface area (Å²) in [7, 11) is 0. The Kier molecular flexibility index (Phi) is 2.88. The van der Waals surface area contributed by atoms with E-state index in [1.807, 2.05) is 0 Å². The number of hydrogen-bond acceptors (Lipinski definition) is 5. The third kappa shape index (κ3) is 2.35. The molecule has 2 heterocycles. The summed E-state index contributed by atoms with van der Waals surface area (Å²) in [5, 5.41) is 6.98. The van der Waals surface area contributed by atoms with Crippen LogP contribution in [0.15, 0.2) is 6.33 Å². The molecule has 0 amide bonds. The lowest BCUT2D eigenvalue weighted by atomic mass is 9.60. The minimum Gasteiger partial charge on any atom is -0.351 e. The third-order valence-corrected chi connectivity index (χ3v) is 4.08. The first-order chi connectivity index (χ1) is 8.26. The van der Waals surface area contributed by atoms with Gasteiger partial charge in [-0.2, -0.15) is 4.98 Å². The first-order valence-corrected chi connectivity index (χ1v) is 6.45. The molecule has 0 unspecified atom stereocenters.